The van der Waals surface area contributed by atoms with Crippen molar-refractivity contribution in [1.29, 1.82) is 0 Å². The first-order valence-corrected chi connectivity index (χ1v) is 6.57. The van der Waals surface area contributed by atoms with Gasteiger partial charge in [-0.1, -0.05) is 36.4 Å². The Hall–Kier alpha value is -2.49. The van der Waals surface area contributed by atoms with Gasteiger partial charge in [-0.2, -0.15) is 0 Å². The largest absolute Gasteiger partial charge is 0.449 e. The van der Waals surface area contributed by atoms with Crippen molar-refractivity contribution in [3.8, 4) is 0 Å². The third kappa shape index (κ3) is 4.65. The van der Waals surface area contributed by atoms with Gasteiger partial charge in [0.15, 0.2) is 0 Å². The van der Waals surface area contributed by atoms with Crippen LogP contribution in [0.25, 0.3) is 0 Å². The number of carbonyl (C=O) groups is 1. The Balaban J connectivity index is 1.68. The molecule has 0 saturated carbocycles. The van der Waals surface area contributed by atoms with E-state index in [4.69, 9.17) is 10.5 Å². The Morgan fingerprint density at radius 3 is 2.65 bits per heavy atom. The predicted octanol–water partition coefficient (Wildman–Crippen LogP) is 3.45. The van der Waals surface area contributed by atoms with Crippen molar-refractivity contribution in [3.63, 3.8) is 0 Å². The van der Waals surface area contributed by atoms with Crippen LogP contribution in [0.15, 0.2) is 54.6 Å². The van der Waals surface area contributed by atoms with E-state index in [0.717, 1.165) is 12.8 Å². The molecule has 0 aliphatic rings. The normalized spacial score (nSPS) is 10.0. The Kier molecular flexibility index (Phi) is 5.00. The molecule has 20 heavy (non-hydrogen) atoms. The number of aryl methyl sites for hydroxylation is 1. The summed E-state index contributed by atoms with van der Waals surface area (Å²) in [7, 11) is 0. The van der Waals surface area contributed by atoms with Crippen molar-refractivity contribution in [3.05, 3.63) is 60.2 Å². The molecule has 3 N–H and O–H groups in total. The molecule has 2 aromatic carbocycles. The first kappa shape index (κ1) is 13.9. The fourth-order valence-electron chi connectivity index (χ4n) is 1.86. The molecule has 0 aliphatic carbocycles. The second kappa shape index (κ2) is 7.19. The summed E-state index contributed by atoms with van der Waals surface area (Å²) in [5, 5.41) is 2.64. The average molecular weight is 270 g/mol. The zero-order chi connectivity index (χ0) is 14.2. The minimum Gasteiger partial charge on any atom is -0.449 e. The van der Waals surface area contributed by atoms with Crippen LogP contribution >= 0.6 is 0 Å². The summed E-state index contributed by atoms with van der Waals surface area (Å²) >= 11 is 0. The predicted molar refractivity (Wildman–Crippen MR) is 80.6 cm³/mol. The topological polar surface area (TPSA) is 64.3 Å². The van der Waals surface area contributed by atoms with E-state index >= 15 is 0 Å². The summed E-state index contributed by atoms with van der Waals surface area (Å²) in [6.45, 7) is 0.392. The lowest BCUT2D eigenvalue weighted by Crippen LogP contribution is -2.14. The summed E-state index contributed by atoms with van der Waals surface area (Å²) in [6, 6.07) is 17.1. The van der Waals surface area contributed by atoms with Gasteiger partial charge in [-0.15, -0.1) is 0 Å². The van der Waals surface area contributed by atoms with Gasteiger partial charge in [0.25, 0.3) is 0 Å². The van der Waals surface area contributed by atoms with E-state index in [1.807, 2.05) is 18.2 Å². The lowest BCUT2D eigenvalue weighted by Gasteiger charge is -2.07. The highest BCUT2D eigenvalue weighted by molar-refractivity contribution is 5.85. The number of nitrogens with two attached hydrogens (primary N) is 1. The number of rotatable bonds is 5. The van der Waals surface area contributed by atoms with Gasteiger partial charge in [0.2, 0.25) is 0 Å². The molecule has 0 heterocycles. The number of nitrogen functional groups attached to an aromatic ring is 1. The van der Waals surface area contributed by atoms with Gasteiger partial charge in [-0.25, -0.2) is 4.79 Å². The van der Waals surface area contributed by atoms with Gasteiger partial charge in [0, 0.05) is 11.4 Å². The molecule has 4 heteroatoms. The molecule has 0 aromatic heterocycles. The molecule has 0 saturated heterocycles. The van der Waals surface area contributed by atoms with E-state index in [1.165, 1.54) is 5.56 Å². The van der Waals surface area contributed by atoms with Crippen LogP contribution in [-0.2, 0) is 11.2 Å². The maximum atomic E-state index is 11.6. The fraction of sp³-hybridized carbons (Fsp3) is 0.188. The maximum Gasteiger partial charge on any atom is 0.411 e. The van der Waals surface area contributed by atoms with Crippen LogP contribution < -0.4 is 11.1 Å². The summed E-state index contributed by atoms with van der Waals surface area (Å²) in [5.41, 5.74) is 8.11. The van der Waals surface area contributed by atoms with E-state index in [0.29, 0.717) is 18.0 Å². The molecule has 0 radical (unpaired) electrons. The summed E-state index contributed by atoms with van der Waals surface area (Å²) < 4.78 is 5.12. The molecule has 0 spiro atoms. The first-order chi connectivity index (χ1) is 9.74. The Bertz CT molecular complexity index is 555. The van der Waals surface area contributed by atoms with Gasteiger partial charge >= 0.3 is 6.09 Å². The first-order valence-electron chi connectivity index (χ1n) is 6.57. The molecule has 0 atom stereocenters. The highest BCUT2D eigenvalue weighted by Crippen LogP contribution is 2.12. The molecule has 104 valence electrons. The van der Waals surface area contributed by atoms with Crippen LogP contribution in [0.5, 0.6) is 0 Å². The quantitative estimate of drug-likeness (QED) is 0.646. The fourth-order valence-corrected chi connectivity index (χ4v) is 1.86. The molecular formula is C16H18N2O2. The lowest BCUT2D eigenvalue weighted by atomic mass is 10.1. The van der Waals surface area contributed by atoms with Crippen molar-refractivity contribution in [2.45, 2.75) is 12.8 Å². The monoisotopic (exact) mass is 270 g/mol. The number of hydrogen-bond donors (Lipinski definition) is 2. The number of ether oxygens (including phenoxy) is 1. The second-order valence-corrected chi connectivity index (χ2v) is 4.48. The molecule has 0 bridgehead atoms. The molecule has 0 fully saturated rings. The molecule has 0 aliphatic heterocycles. The number of benzene rings is 2. The van der Waals surface area contributed by atoms with Crippen molar-refractivity contribution in [2.75, 3.05) is 17.7 Å². The summed E-state index contributed by atoms with van der Waals surface area (Å²) in [4.78, 5) is 11.6. The van der Waals surface area contributed by atoms with Crippen molar-refractivity contribution in [2.24, 2.45) is 0 Å². The zero-order valence-corrected chi connectivity index (χ0v) is 11.2. The van der Waals surface area contributed by atoms with E-state index < -0.39 is 6.09 Å². The van der Waals surface area contributed by atoms with Crippen LogP contribution in [0.3, 0.4) is 0 Å². The SMILES string of the molecule is Nc1cccc(NC(=O)OCCCc2ccccc2)c1. The van der Waals surface area contributed by atoms with Crippen LogP contribution in [-0.4, -0.2) is 12.7 Å². The van der Waals surface area contributed by atoms with Crippen LogP contribution in [0.2, 0.25) is 0 Å². The van der Waals surface area contributed by atoms with Crippen molar-refractivity contribution < 1.29 is 9.53 Å². The van der Waals surface area contributed by atoms with Crippen LogP contribution in [0, 0.1) is 0 Å². The Morgan fingerprint density at radius 2 is 1.90 bits per heavy atom. The van der Waals surface area contributed by atoms with Gasteiger partial charge in [0.1, 0.15) is 0 Å². The highest BCUT2D eigenvalue weighted by Gasteiger charge is 2.03. The van der Waals surface area contributed by atoms with Gasteiger partial charge in [-0.3, -0.25) is 5.32 Å². The maximum absolute atomic E-state index is 11.6. The number of amides is 1. The molecule has 2 rings (SSSR count). The molecule has 1 amide bonds. The molecule has 2 aromatic rings. The highest BCUT2D eigenvalue weighted by atomic mass is 16.5. The third-order valence-electron chi connectivity index (χ3n) is 2.82. The van der Waals surface area contributed by atoms with E-state index in [2.05, 4.69) is 17.4 Å². The zero-order valence-electron chi connectivity index (χ0n) is 11.2. The number of nitrogens with one attached hydrogen (secondary N) is 1. The standard InChI is InChI=1S/C16H18N2O2/c17-14-9-4-10-15(12-14)18-16(19)20-11-5-8-13-6-2-1-3-7-13/h1-4,6-7,9-10,12H,5,8,11,17H2,(H,18,19). The number of carbonyl (C=O) groups excluding carboxylic acids is 1. The second-order valence-electron chi connectivity index (χ2n) is 4.48. The lowest BCUT2D eigenvalue weighted by molar-refractivity contribution is 0.160. The van der Waals surface area contributed by atoms with Crippen LogP contribution in [0.1, 0.15) is 12.0 Å². The van der Waals surface area contributed by atoms with Crippen molar-refractivity contribution >= 4 is 17.5 Å². The van der Waals surface area contributed by atoms with Gasteiger partial charge in [-0.05, 0) is 36.6 Å². The number of hydrogen-bond acceptors (Lipinski definition) is 3. The molecule has 0 unspecified atom stereocenters. The minimum absolute atomic E-state index is 0.392. The summed E-state index contributed by atoms with van der Waals surface area (Å²) in [6.07, 6.45) is 1.24. The Labute approximate surface area is 118 Å². The average Bonchev–Trinajstić information content (AvgIpc) is 2.45. The van der Waals surface area contributed by atoms with Gasteiger partial charge < -0.3 is 10.5 Å². The molecule has 4 nitrogen and oxygen atoms in total. The van der Waals surface area contributed by atoms with Gasteiger partial charge in [0.05, 0.1) is 6.61 Å². The van der Waals surface area contributed by atoms with Crippen molar-refractivity contribution in [1.82, 2.24) is 0 Å². The third-order valence-corrected chi connectivity index (χ3v) is 2.82. The smallest absolute Gasteiger partial charge is 0.411 e. The molecular weight excluding hydrogens is 252 g/mol. The van der Waals surface area contributed by atoms with Crippen LogP contribution in [0.4, 0.5) is 16.2 Å². The van der Waals surface area contributed by atoms with E-state index in [1.54, 1.807) is 24.3 Å². The minimum atomic E-state index is -0.455. The Morgan fingerprint density at radius 1 is 1.10 bits per heavy atom. The van der Waals surface area contributed by atoms with E-state index in [9.17, 15) is 4.79 Å². The number of anilines is 2. The van der Waals surface area contributed by atoms with E-state index in [-0.39, 0.29) is 0 Å². The summed E-state index contributed by atoms with van der Waals surface area (Å²) in [5.74, 6) is 0.